The number of hydrogen-bond donors (Lipinski definition) is 0. The lowest BCUT2D eigenvalue weighted by atomic mass is 10.0. The number of rotatable bonds is 21. The maximum Gasteiger partial charge on any atom is 0.317 e. The summed E-state index contributed by atoms with van der Waals surface area (Å²) in [6.07, 6.45) is 17.2. The van der Waals surface area contributed by atoms with Crippen LogP contribution in [0.15, 0.2) is 54.6 Å². The molecule has 0 N–H and O–H groups in total. The SMILES string of the molecule is CCCCCCCCCCCCCCc1ccccc1OCOC(=O)C(C)C[N+](C)(C)Cc1ccccc1. The molecular weight excluding hydrogens is 470 g/mol. The molecule has 0 aliphatic rings. The van der Waals surface area contributed by atoms with Crippen molar-refractivity contribution in [3.8, 4) is 5.75 Å². The summed E-state index contributed by atoms with van der Waals surface area (Å²) in [5, 5.41) is 0. The molecule has 2 aromatic rings. The Labute approximate surface area is 233 Å². The Balaban J connectivity index is 1.61. The van der Waals surface area contributed by atoms with Crippen molar-refractivity contribution in [2.24, 2.45) is 5.92 Å². The highest BCUT2D eigenvalue weighted by atomic mass is 16.7. The summed E-state index contributed by atoms with van der Waals surface area (Å²) in [5.74, 6) is 0.424. The minimum Gasteiger partial charge on any atom is -0.457 e. The van der Waals surface area contributed by atoms with E-state index in [0.29, 0.717) is 6.54 Å². The normalized spacial score (nSPS) is 12.3. The minimum atomic E-state index is -0.206. The molecule has 0 aliphatic heterocycles. The van der Waals surface area contributed by atoms with Crippen LogP contribution < -0.4 is 4.74 Å². The Morgan fingerprint density at radius 3 is 1.95 bits per heavy atom. The zero-order valence-electron chi connectivity index (χ0n) is 24.8. The first kappa shape index (κ1) is 31.9. The first-order chi connectivity index (χ1) is 18.4. The highest BCUT2D eigenvalue weighted by Gasteiger charge is 2.25. The summed E-state index contributed by atoms with van der Waals surface area (Å²) in [6.45, 7) is 5.77. The van der Waals surface area contributed by atoms with E-state index in [-0.39, 0.29) is 18.7 Å². The number of aryl methyl sites for hydroxylation is 1. The first-order valence-electron chi connectivity index (χ1n) is 15.1. The van der Waals surface area contributed by atoms with Gasteiger partial charge in [0, 0.05) is 5.56 Å². The number of quaternary nitrogens is 1. The molecule has 1 unspecified atom stereocenters. The van der Waals surface area contributed by atoms with E-state index in [2.05, 4.69) is 57.4 Å². The molecular formula is C34H54NO3+. The van der Waals surface area contributed by atoms with Gasteiger partial charge in [0.05, 0.1) is 20.6 Å². The monoisotopic (exact) mass is 524 g/mol. The van der Waals surface area contributed by atoms with Crippen molar-refractivity contribution in [2.45, 2.75) is 104 Å². The molecule has 0 amide bonds. The fraction of sp³-hybridized carbons (Fsp3) is 0.618. The fourth-order valence-electron chi connectivity index (χ4n) is 5.26. The summed E-state index contributed by atoms with van der Waals surface area (Å²) < 4.78 is 12.1. The van der Waals surface area contributed by atoms with E-state index < -0.39 is 0 Å². The van der Waals surface area contributed by atoms with Crippen molar-refractivity contribution in [2.75, 3.05) is 27.4 Å². The van der Waals surface area contributed by atoms with E-state index >= 15 is 0 Å². The number of benzene rings is 2. The van der Waals surface area contributed by atoms with Crippen LogP contribution in [0.2, 0.25) is 0 Å². The van der Waals surface area contributed by atoms with Crippen LogP contribution in [-0.2, 0) is 22.5 Å². The van der Waals surface area contributed by atoms with Crippen molar-refractivity contribution in [3.63, 3.8) is 0 Å². The third kappa shape index (κ3) is 14.0. The highest BCUT2D eigenvalue weighted by Crippen LogP contribution is 2.21. The zero-order chi connectivity index (χ0) is 27.5. The standard InChI is InChI=1S/C34H54NO3/c1-5-6-7-8-9-10-11-12-13-14-15-19-24-32-25-20-21-26-33(32)37-29-38-34(36)30(2)27-35(3,4)28-31-22-17-16-18-23-31/h16-18,20-23,25-26,30H,5-15,19,24,27-29H2,1-4H3/q+1. The average molecular weight is 525 g/mol. The van der Waals surface area contributed by atoms with Crippen LogP contribution in [0.5, 0.6) is 5.75 Å². The average Bonchev–Trinajstić information content (AvgIpc) is 2.90. The number of nitrogens with zero attached hydrogens (tertiary/aromatic N) is 1. The van der Waals surface area contributed by atoms with Crippen LogP contribution in [0.1, 0.15) is 102 Å². The van der Waals surface area contributed by atoms with Crippen LogP contribution in [0.25, 0.3) is 0 Å². The van der Waals surface area contributed by atoms with Crippen molar-refractivity contribution in [1.82, 2.24) is 0 Å². The van der Waals surface area contributed by atoms with Gasteiger partial charge in [-0.1, -0.05) is 126 Å². The van der Waals surface area contributed by atoms with E-state index in [4.69, 9.17) is 9.47 Å². The van der Waals surface area contributed by atoms with Gasteiger partial charge in [-0.05, 0) is 31.4 Å². The second kappa shape index (κ2) is 18.8. The topological polar surface area (TPSA) is 35.5 Å². The number of ether oxygens (including phenoxy) is 2. The van der Waals surface area contributed by atoms with Crippen molar-refractivity contribution in [3.05, 3.63) is 65.7 Å². The van der Waals surface area contributed by atoms with Gasteiger partial charge in [0.15, 0.2) is 0 Å². The van der Waals surface area contributed by atoms with E-state index in [0.717, 1.165) is 23.2 Å². The van der Waals surface area contributed by atoms with E-state index in [9.17, 15) is 4.79 Å². The fourth-order valence-corrected chi connectivity index (χ4v) is 5.26. The van der Waals surface area contributed by atoms with Crippen LogP contribution in [0.3, 0.4) is 0 Å². The van der Waals surface area contributed by atoms with Gasteiger partial charge in [-0.2, -0.15) is 0 Å². The summed E-state index contributed by atoms with van der Waals surface area (Å²) in [4.78, 5) is 12.6. The van der Waals surface area contributed by atoms with Crippen LogP contribution >= 0.6 is 0 Å². The molecule has 38 heavy (non-hydrogen) atoms. The summed E-state index contributed by atoms with van der Waals surface area (Å²) in [5.41, 5.74) is 2.47. The van der Waals surface area contributed by atoms with Gasteiger partial charge in [0.2, 0.25) is 6.79 Å². The van der Waals surface area contributed by atoms with Gasteiger partial charge < -0.3 is 14.0 Å². The predicted molar refractivity (Wildman–Crippen MR) is 159 cm³/mol. The van der Waals surface area contributed by atoms with Crippen LogP contribution in [-0.4, -0.2) is 37.9 Å². The van der Waals surface area contributed by atoms with Crippen molar-refractivity contribution >= 4 is 5.97 Å². The molecule has 0 saturated carbocycles. The Hall–Kier alpha value is -2.33. The number of carbonyl (C=O) groups excluding carboxylic acids is 1. The maximum atomic E-state index is 12.6. The van der Waals surface area contributed by atoms with Gasteiger partial charge in [-0.15, -0.1) is 0 Å². The number of unbranched alkanes of at least 4 members (excludes halogenated alkanes) is 11. The molecule has 2 rings (SSSR count). The van der Waals surface area contributed by atoms with Gasteiger partial charge in [-0.25, -0.2) is 0 Å². The molecule has 0 aromatic heterocycles. The zero-order valence-corrected chi connectivity index (χ0v) is 24.8. The second-order valence-electron chi connectivity index (χ2n) is 11.6. The molecule has 212 valence electrons. The molecule has 4 heteroatoms. The Bertz CT molecular complexity index is 880. The third-order valence-electron chi connectivity index (χ3n) is 7.31. The smallest absolute Gasteiger partial charge is 0.317 e. The number of hydrogen-bond acceptors (Lipinski definition) is 3. The molecule has 2 aromatic carbocycles. The lowest BCUT2D eigenvalue weighted by molar-refractivity contribution is -0.905. The summed E-state index contributed by atoms with van der Waals surface area (Å²) in [7, 11) is 4.30. The van der Waals surface area contributed by atoms with Gasteiger partial charge in [0.25, 0.3) is 0 Å². The quantitative estimate of drug-likeness (QED) is 0.0709. The Kier molecular flexibility index (Phi) is 15.8. The second-order valence-corrected chi connectivity index (χ2v) is 11.6. The Morgan fingerprint density at radius 1 is 0.763 bits per heavy atom. The number of esters is 1. The number of para-hydroxylation sites is 1. The van der Waals surface area contributed by atoms with Crippen LogP contribution in [0, 0.1) is 5.92 Å². The largest absolute Gasteiger partial charge is 0.457 e. The third-order valence-corrected chi connectivity index (χ3v) is 7.31. The van der Waals surface area contributed by atoms with Crippen molar-refractivity contribution < 1.29 is 18.8 Å². The molecule has 1 atom stereocenters. The van der Waals surface area contributed by atoms with E-state index in [1.54, 1.807) is 0 Å². The van der Waals surface area contributed by atoms with Gasteiger partial charge in [0.1, 0.15) is 18.2 Å². The highest BCUT2D eigenvalue weighted by molar-refractivity contribution is 5.72. The summed E-state index contributed by atoms with van der Waals surface area (Å²) >= 11 is 0. The molecule has 0 bridgehead atoms. The van der Waals surface area contributed by atoms with Gasteiger partial charge >= 0.3 is 5.97 Å². The molecule has 0 saturated heterocycles. The van der Waals surface area contributed by atoms with Gasteiger partial charge in [-0.3, -0.25) is 4.79 Å². The first-order valence-corrected chi connectivity index (χ1v) is 15.1. The molecule has 0 spiro atoms. The Morgan fingerprint density at radius 2 is 1.32 bits per heavy atom. The number of carbonyl (C=O) groups is 1. The molecule has 0 radical (unpaired) electrons. The molecule has 0 fully saturated rings. The van der Waals surface area contributed by atoms with Crippen molar-refractivity contribution in [1.29, 1.82) is 0 Å². The lowest BCUT2D eigenvalue weighted by Gasteiger charge is -2.31. The molecule has 0 aliphatic carbocycles. The lowest BCUT2D eigenvalue weighted by Crippen LogP contribution is -2.44. The summed E-state index contributed by atoms with van der Waals surface area (Å²) in [6, 6.07) is 18.5. The van der Waals surface area contributed by atoms with Crippen LogP contribution in [0.4, 0.5) is 0 Å². The predicted octanol–water partition coefficient (Wildman–Crippen LogP) is 8.72. The van der Waals surface area contributed by atoms with E-state index in [1.165, 1.54) is 88.2 Å². The minimum absolute atomic E-state index is 0.0370. The molecule has 0 heterocycles. The maximum absolute atomic E-state index is 12.6. The van der Waals surface area contributed by atoms with E-state index in [1.807, 2.05) is 25.1 Å². The molecule has 4 nitrogen and oxygen atoms in total.